The van der Waals surface area contributed by atoms with E-state index in [1.165, 1.54) is 20.3 Å². The van der Waals surface area contributed by atoms with Gasteiger partial charge < -0.3 is 19.7 Å². The number of carbonyl (C=O) groups excluding carboxylic acids is 3. The molecular formula is C18H22N2O5. The Kier molecular flexibility index (Phi) is 4.76. The molecule has 0 aromatic heterocycles. The fourth-order valence-corrected chi connectivity index (χ4v) is 3.66. The van der Waals surface area contributed by atoms with E-state index in [1.54, 1.807) is 17.0 Å². The Balaban J connectivity index is 1.96. The third kappa shape index (κ3) is 3.37. The van der Waals surface area contributed by atoms with Crippen LogP contribution < -0.4 is 10.2 Å². The molecule has 1 amide bonds. The van der Waals surface area contributed by atoms with Crippen molar-refractivity contribution in [1.29, 1.82) is 0 Å². The average Bonchev–Trinajstić information content (AvgIpc) is 2.96. The second kappa shape index (κ2) is 6.84. The molecule has 2 fully saturated rings. The summed E-state index contributed by atoms with van der Waals surface area (Å²) in [6.07, 6.45) is 2.37. The number of methoxy groups -OCH3 is 2. The molecule has 134 valence electrons. The number of benzene rings is 1. The normalized spacial score (nSPS) is 19.1. The van der Waals surface area contributed by atoms with Crippen LogP contribution >= 0.6 is 0 Å². The number of anilines is 1. The number of ether oxygens (including phenoxy) is 2. The highest BCUT2D eigenvalue weighted by molar-refractivity contribution is 6.01. The van der Waals surface area contributed by atoms with E-state index in [0.29, 0.717) is 18.7 Å². The Hall–Kier alpha value is -2.41. The lowest BCUT2D eigenvalue weighted by Crippen LogP contribution is -2.38. The minimum Gasteiger partial charge on any atom is -0.465 e. The predicted octanol–water partition coefficient (Wildman–Crippen LogP) is 1.37. The van der Waals surface area contributed by atoms with Gasteiger partial charge in [-0.05, 0) is 49.5 Å². The molecule has 0 unspecified atom stereocenters. The molecule has 1 aromatic rings. The largest absolute Gasteiger partial charge is 0.465 e. The molecule has 2 heterocycles. The van der Waals surface area contributed by atoms with E-state index >= 15 is 0 Å². The Labute approximate surface area is 146 Å². The summed E-state index contributed by atoms with van der Waals surface area (Å²) in [5, 5.41) is 3.32. The first-order valence-corrected chi connectivity index (χ1v) is 8.31. The number of carbonyl (C=O) groups is 3. The number of esters is 2. The molecule has 7 heteroatoms. The Bertz CT molecular complexity index is 675. The Morgan fingerprint density at radius 2 is 1.60 bits per heavy atom. The van der Waals surface area contributed by atoms with E-state index in [2.05, 4.69) is 5.32 Å². The number of amides is 1. The van der Waals surface area contributed by atoms with Crippen molar-refractivity contribution in [2.45, 2.75) is 19.3 Å². The fourth-order valence-electron chi connectivity index (χ4n) is 3.66. The summed E-state index contributed by atoms with van der Waals surface area (Å²) in [7, 11) is 2.55. The van der Waals surface area contributed by atoms with E-state index in [4.69, 9.17) is 9.47 Å². The van der Waals surface area contributed by atoms with E-state index in [0.717, 1.165) is 25.9 Å². The summed E-state index contributed by atoms with van der Waals surface area (Å²) in [5.41, 5.74) is 0.942. The molecule has 0 radical (unpaired) electrons. The molecule has 0 bridgehead atoms. The first-order valence-electron chi connectivity index (χ1n) is 8.31. The molecular weight excluding hydrogens is 324 g/mol. The minimum absolute atomic E-state index is 0.0136. The van der Waals surface area contributed by atoms with E-state index in [1.807, 2.05) is 0 Å². The number of hydrogen-bond donors (Lipinski definition) is 1. The summed E-state index contributed by atoms with van der Waals surface area (Å²) >= 11 is 0. The first-order chi connectivity index (χ1) is 12.0. The fraction of sp³-hybridized carbons (Fsp3) is 0.500. The van der Waals surface area contributed by atoms with Crippen LogP contribution in [0.4, 0.5) is 5.69 Å². The van der Waals surface area contributed by atoms with Crippen molar-refractivity contribution >= 4 is 23.5 Å². The monoisotopic (exact) mass is 346 g/mol. The quantitative estimate of drug-likeness (QED) is 0.832. The molecule has 0 atom stereocenters. The van der Waals surface area contributed by atoms with Crippen LogP contribution in [0.1, 0.15) is 40.0 Å². The molecule has 0 saturated carbocycles. The van der Waals surface area contributed by atoms with Crippen LogP contribution in [-0.2, 0) is 14.3 Å². The summed E-state index contributed by atoms with van der Waals surface area (Å²) in [6.45, 7) is 2.40. The molecule has 25 heavy (non-hydrogen) atoms. The van der Waals surface area contributed by atoms with E-state index in [9.17, 15) is 14.4 Å². The molecule has 2 aliphatic rings. The summed E-state index contributed by atoms with van der Waals surface area (Å²) in [6, 6.07) is 4.61. The molecule has 2 aliphatic heterocycles. The molecule has 2 saturated heterocycles. The molecule has 1 spiro atoms. The number of nitrogens with zero attached hydrogens (tertiary/aromatic N) is 1. The van der Waals surface area contributed by atoms with Crippen molar-refractivity contribution in [2.75, 3.05) is 38.8 Å². The molecule has 7 nitrogen and oxygen atoms in total. The number of rotatable bonds is 3. The summed E-state index contributed by atoms with van der Waals surface area (Å²) in [5.74, 6) is -1.11. The second-order valence-corrected chi connectivity index (χ2v) is 6.66. The van der Waals surface area contributed by atoms with Gasteiger partial charge in [0.05, 0.1) is 25.3 Å². The summed E-state index contributed by atoms with van der Waals surface area (Å²) < 4.78 is 9.51. The van der Waals surface area contributed by atoms with E-state index in [-0.39, 0.29) is 22.4 Å². The lowest BCUT2D eigenvalue weighted by Gasteiger charge is -2.33. The molecule has 1 N–H and O–H groups in total. The lowest BCUT2D eigenvalue weighted by molar-refractivity contribution is -0.117. The zero-order chi connectivity index (χ0) is 18.0. The average molecular weight is 346 g/mol. The van der Waals surface area contributed by atoms with Crippen molar-refractivity contribution in [3.63, 3.8) is 0 Å². The van der Waals surface area contributed by atoms with Crippen molar-refractivity contribution in [3.05, 3.63) is 29.3 Å². The maximum Gasteiger partial charge on any atom is 0.337 e. The second-order valence-electron chi connectivity index (χ2n) is 6.66. The van der Waals surface area contributed by atoms with Gasteiger partial charge in [0.15, 0.2) is 0 Å². The summed E-state index contributed by atoms with van der Waals surface area (Å²) in [4.78, 5) is 38.2. The molecule has 0 aliphatic carbocycles. The zero-order valence-electron chi connectivity index (χ0n) is 14.5. The van der Waals surface area contributed by atoms with Crippen molar-refractivity contribution in [2.24, 2.45) is 5.41 Å². The van der Waals surface area contributed by atoms with Crippen molar-refractivity contribution in [3.8, 4) is 0 Å². The smallest absolute Gasteiger partial charge is 0.337 e. The molecule has 3 rings (SSSR count). The van der Waals surface area contributed by atoms with Gasteiger partial charge in [-0.15, -0.1) is 0 Å². The lowest BCUT2D eigenvalue weighted by atomic mass is 9.78. The van der Waals surface area contributed by atoms with Gasteiger partial charge in [0.2, 0.25) is 5.91 Å². The first kappa shape index (κ1) is 17.4. The zero-order valence-corrected chi connectivity index (χ0v) is 14.5. The minimum atomic E-state index is -0.560. The number of piperidine rings is 1. The highest BCUT2D eigenvalue weighted by atomic mass is 16.5. The Morgan fingerprint density at radius 1 is 1.04 bits per heavy atom. The van der Waals surface area contributed by atoms with Crippen LogP contribution in [0.25, 0.3) is 0 Å². The van der Waals surface area contributed by atoms with Crippen LogP contribution in [0.3, 0.4) is 0 Å². The van der Waals surface area contributed by atoms with Gasteiger partial charge in [0.25, 0.3) is 0 Å². The standard InChI is InChI=1S/C18H22N2O5/c1-24-16(22)12-7-13(17(23)25-2)9-14(8-12)20-11-18(10-15(20)21)3-5-19-6-4-18/h7-9,19H,3-6,10-11H2,1-2H3. The van der Waals surface area contributed by atoms with Crippen LogP contribution in [0.15, 0.2) is 18.2 Å². The van der Waals surface area contributed by atoms with Gasteiger partial charge in [-0.2, -0.15) is 0 Å². The van der Waals surface area contributed by atoms with Crippen LogP contribution in [0.2, 0.25) is 0 Å². The van der Waals surface area contributed by atoms with Crippen molar-refractivity contribution < 1.29 is 23.9 Å². The topological polar surface area (TPSA) is 84.9 Å². The van der Waals surface area contributed by atoms with Gasteiger partial charge in [-0.3, -0.25) is 4.79 Å². The SMILES string of the molecule is COC(=O)c1cc(C(=O)OC)cc(N2CC3(CCNCC3)CC2=O)c1. The van der Waals surface area contributed by atoms with Gasteiger partial charge >= 0.3 is 11.9 Å². The van der Waals surface area contributed by atoms with Crippen molar-refractivity contribution in [1.82, 2.24) is 5.32 Å². The highest BCUT2D eigenvalue weighted by Gasteiger charge is 2.44. The molecule has 1 aromatic carbocycles. The highest BCUT2D eigenvalue weighted by Crippen LogP contribution is 2.41. The maximum absolute atomic E-state index is 12.6. The van der Waals surface area contributed by atoms with Gasteiger partial charge in [-0.25, -0.2) is 9.59 Å². The number of hydrogen-bond acceptors (Lipinski definition) is 6. The third-order valence-corrected chi connectivity index (χ3v) is 5.06. The van der Waals surface area contributed by atoms with Gasteiger partial charge in [0, 0.05) is 18.7 Å². The third-order valence-electron chi connectivity index (χ3n) is 5.06. The van der Waals surface area contributed by atoms with Gasteiger partial charge in [-0.1, -0.05) is 0 Å². The van der Waals surface area contributed by atoms with Gasteiger partial charge in [0.1, 0.15) is 0 Å². The van der Waals surface area contributed by atoms with Crippen LogP contribution in [0, 0.1) is 5.41 Å². The predicted molar refractivity (Wildman–Crippen MR) is 90.6 cm³/mol. The number of nitrogens with one attached hydrogen (secondary N) is 1. The van der Waals surface area contributed by atoms with Crippen LogP contribution in [-0.4, -0.2) is 51.7 Å². The Morgan fingerprint density at radius 3 is 2.12 bits per heavy atom. The maximum atomic E-state index is 12.6. The van der Waals surface area contributed by atoms with E-state index < -0.39 is 11.9 Å². The van der Waals surface area contributed by atoms with Crippen LogP contribution in [0.5, 0.6) is 0 Å².